The highest BCUT2D eigenvalue weighted by atomic mass is 32.1. The number of amides is 1. The Bertz CT molecular complexity index is 979. The molecular weight excluding hydrogens is 384 g/mol. The number of hydrogen-bond donors (Lipinski definition) is 1. The van der Waals surface area contributed by atoms with Gasteiger partial charge >= 0.3 is 5.97 Å². The van der Waals surface area contributed by atoms with Crippen molar-refractivity contribution in [1.82, 2.24) is 4.98 Å². The second-order valence-corrected chi connectivity index (χ2v) is 8.33. The maximum Gasteiger partial charge on any atom is 0.316 e. The first kappa shape index (κ1) is 20.7. The number of carbonyl (C=O) groups is 2. The van der Waals surface area contributed by atoms with Gasteiger partial charge in [-0.25, -0.2) is 4.98 Å². The molecule has 1 N–H and O–H groups in total. The number of thiazole rings is 1. The highest BCUT2D eigenvalue weighted by Crippen LogP contribution is 2.25. The van der Waals surface area contributed by atoms with Crippen molar-refractivity contribution in [2.45, 2.75) is 39.2 Å². The van der Waals surface area contributed by atoms with E-state index in [1.165, 1.54) is 11.3 Å². The Labute approximate surface area is 174 Å². The second-order valence-electron chi connectivity index (χ2n) is 7.39. The van der Waals surface area contributed by atoms with Gasteiger partial charge in [0.05, 0.1) is 17.5 Å². The number of aromatic nitrogens is 1. The molecule has 0 saturated carbocycles. The molecule has 0 atom stereocenters. The normalized spacial score (nSPS) is 11.1. The first-order valence-corrected chi connectivity index (χ1v) is 10.2. The number of ether oxygens (including phenoxy) is 1. The van der Waals surface area contributed by atoms with Gasteiger partial charge in [-0.2, -0.15) is 0 Å². The van der Waals surface area contributed by atoms with Crippen LogP contribution in [0.2, 0.25) is 0 Å². The molecule has 3 rings (SSSR count). The third kappa shape index (κ3) is 5.51. The predicted molar refractivity (Wildman–Crippen MR) is 115 cm³/mol. The fraction of sp³-hybridized carbons (Fsp3) is 0.261. The van der Waals surface area contributed by atoms with Crippen LogP contribution in [-0.2, 0) is 32.8 Å². The Morgan fingerprint density at radius 1 is 1.07 bits per heavy atom. The molecule has 0 aliphatic rings. The number of anilines is 1. The Morgan fingerprint density at radius 3 is 2.45 bits per heavy atom. The molecule has 5 nitrogen and oxygen atoms in total. The first-order chi connectivity index (χ1) is 13.8. The quantitative estimate of drug-likeness (QED) is 0.578. The van der Waals surface area contributed by atoms with E-state index < -0.39 is 5.41 Å². The molecule has 1 heterocycles. The number of aryl methyl sites for hydroxylation is 1. The zero-order chi connectivity index (χ0) is 20.9. The van der Waals surface area contributed by atoms with Gasteiger partial charge in [0.2, 0.25) is 5.91 Å². The minimum Gasteiger partial charge on any atom is -0.458 e. The van der Waals surface area contributed by atoms with Gasteiger partial charge in [0, 0.05) is 11.1 Å². The number of hydrogen-bond acceptors (Lipinski definition) is 5. The van der Waals surface area contributed by atoms with Crippen molar-refractivity contribution in [3.05, 3.63) is 81.8 Å². The van der Waals surface area contributed by atoms with E-state index >= 15 is 0 Å². The molecule has 0 radical (unpaired) electrons. The number of nitrogens with zero attached hydrogens (tertiary/aromatic N) is 1. The lowest BCUT2D eigenvalue weighted by Gasteiger charge is -2.22. The molecule has 150 valence electrons. The molecule has 0 saturated heterocycles. The van der Waals surface area contributed by atoms with Crippen molar-refractivity contribution in [2.24, 2.45) is 0 Å². The summed E-state index contributed by atoms with van der Waals surface area (Å²) in [6.07, 6.45) is 0.183. The van der Waals surface area contributed by atoms with Crippen LogP contribution in [0.3, 0.4) is 0 Å². The fourth-order valence-corrected chi connectivity index (χ4v) is 3.55. The minimum atomic E-state index is -0.742. The van der Waals surface area contributed by atoms with E-state index in [9.17, 15) is 9.59 Å². The van der Waals surface area contributed by atoms with Crippen LogP contribution in [0.1, 0.15) is 35.7 Å². The smallest absolute Gasteiger partial charge is 0.316 e. The van der Waals surface area contributed by atoms with Gasteiger partial charge in [0.1, 0.15) is 11.6 Å². The summed E-state index contributed by atoms with van der Waals surface area (Å²) in [5.41, 5.74) is 2.70. The zero-order valence-electron chi connectivity index (χ0n) is 16.8. The molecule has 1 amide bonds. The van der Waals surface area contributed by atoms with Crippen LogP contribution in [0.25, 0.3) is 0 Å². The summed E-state index contributed by atoms with van der Waals surface area (Å²) in [5, 5.41) is 5.36. The summed E-state index contributed by atoms with van der Waals surface area (Å²) in [4.78, 5) is 29.2. The van der Waals surface area contributed by atoms with E-state index in [1.807, 2.05) is 80.7 Å². The summed E-state index contributed by atoms with van der Waals surface area (Å²) < 4.78 is 5.48. The molecule has 3 aromatic rings. The van der Waals surface area contributed by atoms with Crippen LogP contribution in [0.4, 0.5) is 5.69 Å². The Hall–Kier alpha value is -2.99. The summed E-state index contributed by atoms with van der Waals surface area (Å²) >= 11 is 1.38. The van der Waals surface area contributed by atoms with E-state index in [1.54, 1.807) is 0 Å². The van der Waals surface area contributed by atoms with Crippen molar-refractivity contribution in [3.63, 3.8) is 0 Å². The Kier molecular flexibility index (Phi) is 6.44. The lowest BCUT2D eigenvalue weighted by molar-refractivity contribution is -0.150. The molecule has 0 unspecified atom stereocenters. The van der Waals surface area contributed by atoms with Gasteiger partial charge < -0.3 is 10.1 Å². The highest BCUT2D eigenvalue weighted by molar-refractivity contribution is 7.09. The maximum atomic E-state index is 12.5. The Balaban J connectivity index is 1.53. The minimum absolute atomic E-state index is 0.0885. The van der Waals surface area contributed by atoms with Crippen molar-refractivity contribution in [3.8, 4) is 0 Å². The molecule has 0 aliphatic heterocycles. The van der Waals surface area contributed by atoms with Crippen LogP contribution < -0.4 is 5.32 Å². The zero-order valence-corrected chi connectivity index (χ0v) is 17.6. The SMILES string of the molecule is Cc1ccc(NC(=O)Cc2nc(COC(=O)C(C)(C)c3ccccc3)cs2)cc1. The van der Waals surface area contributed by atoms with Crippen molar-refractivity contribution >= 4 is 28.9 Å². The number of esters is 1. The van der Waals surface area contributed by atoms with E-state index in [-0.39, 0.29) is 24.9 Å². The van der Waals surface area contributed by atoms with Crippen LogP contribution in [0.5, 0.6) is 0 Å². The molecule has 6 heteroatoms. The van der Waals surface area contributed by atoms with Crippen molar-refractivity contribution in [2.75, 3.05) is 5.32 Å². The molecule has 2 aromatic carbocycles. The molecular formula is C23H24N2O3S. The molecule has 1 aromatic heterocycles. The number of carbonyl (C=O) groups excluding carboxylic acids is 2. The van der Waals surface area contributed by atoms with E-state index in [0.29, 0.717) is 10.7 Å². The van der Waals surface area contributed by atoms with Gasteiger partial charge in [-0.3, -0.25) is 9.59 Å². The first-order valence-electron chi connectivity index (χ1n) is 9.37. The predicted octanol–water partition coefficient (Wildman–Crippen LogP) is 4.65. The van der Waals surface area contributed by atoms with Crippen LogP contribution in [-0.4, -0.2) is 16.9 Å². The van der Waals surface area contributed by atoms with Gasteiger partial charge in [0.25, 0.3) is 0 Å². The maximum absolute atomic E-state index is 12.5. The summed E-state index contributed by atoms with van der Waals surface area (Å²) in [6, 6.07) is 17.2. The van der Waals surface area contributed by atoms with Crippen molar-refractivity contribution < 1.29 is 14.3 Å². The largest absolute Gasteiger partial charge is 0.458 e. The number of benzene rings is 2. The van der Waals surface area contributed by atoms with Gasteiger partial charge in [0.15, 0.2) is 0 Å². The second kappa shape index (κ2) is 9.01. The molecule has 0 spiro atoms. The standard InChI is InChI=1S/C23H24N2O3S/c1-16-9-11-18(12-10-16)24-20(26)13-21-25-19(15-29-21)14-28-22(27)23(2,3)17-7-5-4-6-8-17/h4-12,15H,13-14H2,1-3H3,(H,24,26). The summed E-state index contributed by atoms with van der Waals surface area (Å²) in [5.74, 6) is -0.438. The van der Waals surface area contributed by atoms with Crippen molar-refractivity contribution in [1.29, 1.82) is 0 Å². The van der Waals surface area contributed by atoms with Crippen LogP contribution >= 0.6 is 11.3 Å². The van der Waals surface area contributed by atoms with Gasteiger partial charge in [-0.1, -0.05) is 48.0 Å². The number of rotatable bonds is 7. The Morgan fingerprint density at radius 2 is 1.76 bits per heavy atom. The van der Waals surface area contributed by atoms with Gasteiger partial charge in [-0.15, -0.1) is 11.3 Å². The lowest BCUT2D eigenvalue weighted by Crippen LogP contribution is -2.31. The number of nitrogens with one attached hydrogen (secondary N) is 1. The third-order valence-electron chi connectivity index (χ3n) is 4.60. The molecule has 0 bridgehead atoms. The molecule has 0 fully saturated rings. The van der Waals surface area contributed by atoms with E-state index in [4.69, 9.17) is 4.74 Å². The van der Waals surface area contributed by atoms with Crippen LogP contribution in [0.15, 0.2) is 60.0 Å². The third-order valence-corrected chi connectivity index (χ3v) is 5.50. The topological polar surface area (TPSA) is 68.3 Å². The van der Waals surface area contributed by atoms with Crippen LogP contribution in [0, 0.1) is 6.92 Å². The van der Waals surface area contributed by atoms with Gasteiger partial charge in [-0.05, 0) is 38.5 Å². The average Bonchev–Trinajstić information content (AvgIpc) is 3.15. The van der Waals surface area contributed by atoms with E-state index in [2.05, 4.69) is 10.3 Å². The lowest BCUT2D eigenvalue weighted by atomic mass is 9.85. The molecule has 0 aliphatic carbocycles. The monoisotopic (exact) mass is 408 g/mol. The molecule has 29 heavy (non-hydrogen) atoms. The fourth-order valence-electron chi connectivity index (χ4n) is 2.77. The average molecular weight is 409 g/mol. The highest BCUT2D eigenvalue weighted by Gasteiger charge is 2.31. The summed E-state index contributed by atoms with van der Waals surface area (Å²) in [7, 11) is 0. The van der Waals surface area contributed by atoms with E-state index in [0.717, 1.165) is 16.8 Å². The summed E-state index contributed by atoms with van der Waals surface area (Å²) in [6.45, 7) is 5.76.